The summed E-state index contributed by atoms with van der Waals surface area (Å²) >= 11 is 3.05. The molecule has 9 heteroatoms. The van der Waals surface area contributed by atoms with Gasteiger partial charge in [-0.15, -0.1) is 21.5 Å². The van der Waals surface area contributed by atoms with E-state index in [1.807, 2.05) is 51.1 Å². The summed E-state index contributed by atoms with van der Waals surface area (Å²) in [5.41, 5.74) is 4.10. The minimum Gasteiger partial charge on any atom is -0.312 e. The van der Waals surface area contributed by atoms with Crippen LogP contribution < -0.4 is 10.5 Å². The van der Waals surface area contributed by atoms with Gasteiger partial charge in [-0.25, -0.2) is 0 Å². The van der Waals surface area contributed by atoms with Crippen molar-refractivity contribution in [2.45, 2.75) is 43.1 Å². The summed E-state index contributed by atoms with van der Waals surface area (Å²) in [7, 11) is 0. The lowest BCUT2D eigenvalue weighted by Gasteiger charge is -2.16. The Bertz CT molecular complexity index is 1600. The normalized spacial score (nSPS) is 14.8. The van der Waals surface area contributed by atoms with Gasteiger partial charge in [0.05, 0.1) is 5.52 Å². The molecule has 0 N–H and O–H groups in total. The van der Waals surface area contributed by atoms with Gasteiger partial charge >= 0.3 is 0 Å². The maximum atomic E-state index is 13.4. The van der Waals surface area contributed by atoms with Gasteiger partial charge in [0, 0.05) is 31.0 Å². The van der Waals surface area contributed by atoms with Gasteiger partial charge in [-0.2, -0.15) is 0 Å². The van der Waals surface area contributed by atoms with Crippen LogP contribution in [0.15, 0.2) is 76.0 Å². The second kappa shape index (κ2) is 9.55. The van der Waals surface area contributed by atoms with Gasteiger partial charge < -0.3 is 4.90 Å². The van der Waals surface area contributed by atoms with Crippen LogP contribution >= 0.6 is 23.1 Å². The third-order valence-electron chi connectivity index (χ3n) is 6.70. The summed E-state index contributed by atoms with van der Waals surface area (Å²) in [5, 5.41) is 11.6. The lowest BCUT2D eigenvalue weighted by atomic mass is 10.0. The van der Waals surface area contributed by atoms with Crippen molar-refractivity contribution in [1.82, 2.24) is 19.2 Å². The van der Waals surface area contributed by atoms with Gasteiger partial charge in [0.1, 0.15) is 4.70 Å². The van der Waals surface area contributed by atoms with Gasteiger partial charge in [-0.05, 0) is 47.0 Å². The molecule has 0 aliphatic carbocycles. The first-order chi connectivity index (χ1) is 17.6. The molecule has 1 atom stereocenters. The van der Waals surface area contributed by atoms with Gasteiger partial charge in [0.2, 0.25) is 11.7 Å². The second-order valence-corrected chi connectivity index (χ2v) is 10.9. The monoisotopic (exact) mass is 515 g/mol. The molecule has 1 unspecified atom stereocenters. The number of nitrogens with zero attached hydrogens (tertiary/aromatic N) is 5. The molecule has 6 rings (SSSR count). The van der Waals surface area contributed by atoms with Crippen molar-refractivity contribution in [3.63, 3.8) is 0 Å². The van der Waals surface area contributed by atoms with Gasteiger partial charge in [0.15, 0.2) is 5.16 Å². The van der Waals surface area contributed by atoms with Crippen molar-refractivity contribution < 1.29 is 4.79 Å². The summed E-state index contributed by atoms with van der Waals surface area (Å²) in [6, 6.07) is 20.3. The second-order valence-electron chi connectivity index (χ2n) is 9.08. The lowest BCUT2D eigenvalue weighted by molar-refractivity contribution is -0.117. The molecular weight excluding hydrogens is 490 g/mol. The van der Waals surface area contributed by atoms with Crippen LogP contribution in [0.4, 0.5) is 5.69 Å². The molecule has 0 radical (unpaired) electrons. The van der Waals surface area contributed by atoms with E-state index in [1.165, 1.54) is 16.9 Å². The molecule has 0 saturated carbocycles. The third kappa shape index (κ3) is 4.12. The summed E-state index contributed by atoms with van der Waals surface area (Å²) in [5.74, 6) is 1.62. The highest BCUT2D eigenvalue weighted by atomic mass is 32.2. The molecule has 4 heterocycles. The van der Waals surface area contributed by atoms with E-state index >= 15 is 0 Å². The Balaban J connectivity index is 1.30. The fraction of sp³-hybridized carbons (Fsp3) is 0.259. The highest BCUT2D eigenvalue weighted by molar-refractivity contribution is 7.98. The number of fused-ring (bicyclic) bond motifs is 3. The predicted molar refractivity (Wildman–Crippen MR) is 145 cm³/mol. The molecule has 182 valence electrons. The largest absolute Gasteiger partial charge is 0.312 e. The minimum atomic E-state index is -0.0220. The van der Waals surface area contributed by atoms with E-state index in [1.54, 1.807) is 16.3 Å². The molecule has 1 fully saturated rings. The first-order valence-electron chi connectivity index (χ1n) is 12.0. The topological polar surface area (TPSA) is 72.5 Å². The zero-order chi connectivity index (χ0) is 24.6. The van der Waals surface area contributed by atoms with Crippen molar-refractivity contribution in [2.24, 2.45) is 0 Å². The van der Waals surface area contributed by atoms with Crippen molar-refractivity contribution in [2.75, 3.05) is 11.4 Å². The zero-order valence-corrected chi connectivity index (χ0v) is 21.5. The molecule has 36 heavy (non-hydrogen) atoms. The third-order valence-corrected chi connectivity index (χ3v) is 8.59. The van der Waals surface area contributed by atoms with Crippen LogP contribution in [0.1, 0.15) is 36.8 Å². The summed E-state index contributed by atoms with van der Waals surface area (Å²) in [4.78, 5) is 27.3. The minimum absolute atomic E-state index is 0.0220. The molecule has 1 saturated heterocycles. The zero-order valence-electron chi connectivity index (χ0n) is 19.8. The van der Waals surface area contributed by atoms with E-state index in [-0.39, 0.29) is 17.4 Å². The van der Waals surface area contributed by atoms with Crippen LogP contribution in [0.2, 0.25) is 0 Å². The van der Waals surface area contributed by atoms with E-state index in [4.69, 9.17) is 0 Å². The van der Waals surface area contributed by atoms with E-state index in [0.29, 0.717) is 29.2 Å². The molecule has 0 spiro atoms. The Kier molecular flexibility index (Phi) is 6.10. The number of hydrogen-bond donors (Lipinski definition) is 0. The quantitative estimate of drug-likeness (QED) is 0.274. The molecule has 1 aliphatic heterocycles. The number of thiophene rings is 1. The van der Waals surface area contributed by atoms with Crippen molar-refractivity contribution in [1.29, 1.82) is 0 Å². The number of amides is 1. The van der Waals surface area contributed by atoms with E-state index in [2.05, 4.69) is 41.4 Å². The number of hydrogen-bond acceptors (Lipinski definition) is 6. The fourth-order valence-corrected chi connectivity index (χ4v) is 6.48. The fourth-order valence-electron chi connectivity index (χ4n) is 4.76. The number of carbonyl (C=O) groups excluding carboxylic acids is 1. The van der Waals surface area contributed by atoms with Crippen molar-refractivity contribution in [3.8, 4) is 0 Å². The van der Waals surface area contributed by atoms with Gasteiger partial charge in [-0.1, -0.05) is 61.2 Å². The Labute approximate surface area is 216 Å². The smallest absolute Gasteiger partial charge is 0.272 e. The average Bonchev–Trinajstić information content (AvgIpc) is 3.65. The van der Waals surface area contributed by atoms with E-state index in [0.717, 1.165) is 34.9 Å². The number of thioether (sulfide) groups is 1. The molecular formula is C27H25N5O2S2. The summed E-state index contributed by atoms with van der Waals surface area (Å²) in [6.45, 7) is 3.45. The lowest BCUT2D eigenvalue weighted by Crippen LogP contribution is -2.24. The molecule has 2 aromatic carbocycles. The first kappa shape index (κ1) is 23.0. The maximum absolute atomic E-state index is 13.4. The molecule has 7 nitrogen and oxygen atoms in total. The highest BCUT2D eigenvalue weighted by Gasteiger charge is 2.22. The van der Waals surface area contributed by atoms with Crippen LogP contribution in [0.25, 0.3) is 16.0 Å². The van der Waals surface area contributed by atoms with Crippen LogP contribution in [0.3, 0.4) is 0 Å². The number of carbonyl (C=O) groups is 1. The number of rotatable bonds is 7. The number of anilines is 1. The highest BCUT2D eigenvalue weighted by Crippen LogP contribution is 2.29. The average molecular weight is 516 g/mol. The van der Waals surface area contributed by atoms with Crippen LogP contribution in [-0.4, -0.2) is 31.6 Å². The first-order valence-corrected chi connectivity index (χ1v) is 13.9. The number of aromatic nitrogens is 4. The molecule has 0 bridgehead atoms. The molecule has 1 aliphatic rings. The standard InChI is InChI=1S/C27H25N5O2S2/c1-18(20-6-3-2-4-7-20)16-31-25(34)24-22(13-15-35-24)32-26(31)28-29-27(32)36-17-19-9-11-21(12-10-19)30-14-5-8-23(30)33/h2-4,6-7,9-13,15,18H,5,8,14,16-17H2,1H3. The van der Waals surface area contributed by atoms with E-state index < -0.39 is 0 Å². The Hall–Kier alpha value is -3.43. The maximum Gasteiger partial charge on any atom is 0.272 e. The van der Waals surface area contributed by atoms with Crippen LogP contribution in [0, 0.1) is 0 Å². The van der Waals surface area contributed by atoms with Gasteiger partial charge in [-0.3, -0.25) is 18.6 Å². The summed E-state index contributed by atoms with van der Waals surface area (Å²) in [6.07, 6.45) is 1.55. The molecule has 5 aromatic rings. The number of benzene rings is 2. The van der Waals surface area contributed by atoms with Crippen molar-refractivity contribution in [3.05, 3.63) is 87.5 Å². The summed E-state index contributed by atoms with van der Waals surface area (Å²) < 4.78 is 4.48. The Morgan fingerprint density at radius 3 is 2.58 bits per heavy atom. The van der Waals surface area contributed by atoms with Crippen LogP contribution in [0.5, 0.6) is 0 Å². The van der Waals surface area contributed by atoms with E-state index in [9.17, 15) is 9.59 Å². The molecule has 1 amide bonds. The Morgan fingerprint density at radius 2 is 1.83 bits per heavy atom. The SMILES string of the molecule is CC(Cn1c(=O)c2sccc2n2c(SCc3ccc(N4CCCC4=O)cc3)nnc12)c1ccccc1. The van der Waals surface area contributed by atoms with Crippen LogP contribution in [-0.2, 0) is 17.1 Å². The van der Waals surface area contributed by atoms with Crippen molar-refractivity contribution >= 4 is 50.7 Å². The predicted octanol–water partition coefficient (Wildman–Crippen LogP) is 5.33. The van der Waals surface area contributed by atoms with Gasteiger partial charge in [0.25, 0.3) is 5.56 Å². The molecule has 3 aromatic heterocycles. The Morgan fingerprint density at radius 1 is 1.03 bits per heavy atom.